The van der Waals surface area contributed by atoms with Gasteiger partial charge in [-0.25, -0.2) is 0 Å². The molecule has 0 spiro atoms. The Kier molecular flexibility index (Phi) is 14.1. The SMILES string of the molecule is CCCCCC(CO)(SCC(NC(=O)CCC(N)C(=O)O)C(=O)NCC(=O)O)C(O)c1ccccc1. The highest BCUT2D eigenvalue weighted by atomic mass is 32.2. The molecule has 1 aromatic rings. The maximum absolute atomic E-state index is 12.7. The van der Waals surface area contributed by atoms with E-state index in [0.717, 1.165) is 24.6 Å². The van der Waals surface area contributed by atoms with E-state index in [-0.39, 0.29) is 18.6 Å². The van der Waals surface area contributed by atoms with Crippen LogP contribution in [0.1, 0.15) is 57.1 Å². The molecule has 0 saturated heterocycles. The minimum atomic E-state index is -1.27. The van der Waals surface area contributed by atoms with Crippen molar-refractivity contribution in [2.45, 2.75) is 68.4 Å². The first-order valence-corrected chi connectivity index (χ1v) is 12.8. The van der Waals surface area contributed by atoms with E-state index < -0.39 is 59.8 Å². The van der Waals surface area contributed by atoms with Crippen LogP contribution < -0.4 is 16.4 Å². The molecule has 4 unspecified atom stereocenters. The van der Waals surface area contributed by atoms with Crippen LogP contribution in [0.15, 0.2) is 30.3 Å². The van der Waals surface area contributed by atoms with Crippen molar-refractivity contribution in [3.63, 3.8) is 0 Å². The first-order chi connectivity index (χ1) is 17.1. The predicted molar refractivity (Wildman–Crippen MR) is 135 cm³/mol. The second-order valence-electron chi connectivity index (χ2n) is 8.52. The maximum atomic E-state index is 12.7. The molecule has 11 nitrogen and oxygen atoms in total. The van der Waals surface area contributed by atoms with Crippen molar-refractivity contribution in [1.82, 2.24) is 10.6 Å². The minimum absolute atomic E-state index is 0.0707. The first-order valence-electron chi connectivity index (χ1n) is 11.8. The van der Waals surface area contributed by atoms with Crippen LogP contribution in [0, 0.1) is 0 Å². The summed E-state index contributed by atoms with van der Waals surface area (Å²) < 4.78 is -1.09. The Hall–Kier alpha value is -2.67. The Morgan fingerprint density at radius 1 is 1.11 bits per heavy atom. The van der Waals surface area contributed by atoms with E-state index in [0.29, 0.717) is 18.4 Å². The van der Waals surface area contributed by atoms with Gasteiger partial charge in [-0.3, -0.25) is 19.2 Å². The van der Waals surface area contributed by atoms with Crippen LogP contribution in [0.3, 0.4) is 0 Å². The van der Waals surface area contributed by atoms with Crippen molar-refractivity contribution in [1.29, 1.82) is 0 Å². The maximum Gasteiger partial charge on any atom is 0.322 e. The van der Waals surface area contributed by atoms with Crippen LogP contribution >= 0.6 is 11.8 Å². The smallest absolute Gasteiger partial charge is 0.322 e. The van der Waals surface area contributed by atoms with E-state index in [4.69, 9.17) is 15.9 Å². The molecular formula is C24H37N3O8S. The fourth-order valence-corrected chi connectivity index (χ4v) is 4.91. The third-order valence-corrected chi connectivity index (χ3v) is 7.32. The van der Waals surface area contributed by atoms with E-state index in [2.05, 4.69) is 10.6 Å². The Morgan fingerprint density at radius 3 is 2.33 bits per heavy atom. The molecule has 2 amide bonds. The Morgan fingerprint density at radius 2 is 1.78 bits per heavy atom. The van der Waals surface area contributed by atoms with Crippen molar-refractivity contribution in [3.8, 4) is 0 Å². The van der Waals surface area contributed by atoms with Gasteiger partial charge in [0.25, 0.3) is 0 Å². The number of hydrogen-bond acceptors (Lipinski definition) is 8. The number of carboxylic acids is 2. The van der Waals surface area contributed by atoms with Gasteiger partial charge in [0.2, 0.25) is 11.8 Å². The number of aliphatic hydroxyl groups is 2. The zero-order valence-electron chi connectivity index (χ0n) is 20.4. The van der Waals surface area contributed by atoms with Gasteiger partial charge in [-0.15, -0.1) is 11.8 Å². The van der Waals surface area contributed by atoms with Crippen LogP contribution in [0.2, 0.25) is 0 Å². The number of hydrogen-bond donors (Lipinski definition) is 7. The third kappa shape index (κ3) is 10.5. The van der Waals surface area contributed by atoms with Gasteiger partial charge in [-0.2, -0.15) is 0 Å². The minimum Gasteiger partial charge on any atom is -0.480 e. The van der Waals surface area contributed by atoms with E-state index in [1.165, 1.54) is 0 Å². The van der Waals surface area contributed by atoms with Crippen molar-refractivity contribution < 1.29 is 39.6 Å². The number of aliphatic carboxylic acids is 2. The van der Waals surface area contributed by atoms with E-state index in [1.807, 2.05) is 6.92 Å². The Bertz CT molecular complexity index is 857. The number of thioether (sulfide) groups is 1. The van der Waals surface area contributed by atoms with E-state index in [1.54, 1.807) is 30.3 Å². The molecule has 0 heterocycles. The van der Waals surface area contributed by atoms with Gasteiger partial charge in [0.15, 0.2) is 0 Å². The molecular weight excluding hydrogens is 490 g/mol. The molecule has 0 aliphatic rings. The molecule has 0 radical (unpaired) electrons. The number of amides is 2. The van der Waals surface area contributed by atoms with E-state index in [9.17, 15) is 29.4 Å². The summed E-state index contributed by atoms with van der Waals surface area (Å²) in [5, 5.41) is 44.1. The van der Waals surface area contributed by atoms with Crippen LogP contribution in [-0.2, 0) is 19.2 Å². The van der Waals surface area contributed by atoms with Gasteiger partial charge in [0, 0.05) is 12.2 Å². The lowest BCUT2D eigenvalue weighted by molar-refractivity contribution is -0.139. The first kappa shape index (κ1) is 31.4. The van der Waals surface area contributed by atoms with E-state index >= 15 is 0 Å². The van der Waals surface area contributed by atoms with Crippen molar-refractivity contribution in [2.24, 2.45) is 5.73 Å². The predicted octanol–water partition coefficient (Wildman–Crippen LogP) is 0.642. The number of nitrogens with two attached hydrogens (primary N) is 1. The fraction of sp³-hybridized carbons (Fsp3) is 0.583. The lowest BCUT2D eigenvalue weighted by atomic mass is 9.90. The molecule has 0 aromatic heterocycles. The van der Waals surface area contributed by atoms with Gasteiger partial charge < -0.3 is 36.8 Å². The monoisotopic (exact) mass is 527 g/mol. The second kappa shape index (κ2) is 16.1. The number of carbonyl (C=O) groups is 4. The molecule has 202 valence electrons. The molecule has 36 heavy (non-hydrogen) atoms. The lowest BCUT2D eigenvalue weighted by Crippen LogP contribution is -2.51. The number of carbonyl (C=O) groups excluding carboxylic acids is 2. The summed E-state index contributed by atoms with van der Waals surface area (Å²) in [5.41, 5.74) is 6.02. The Labute approximate surface area is 214 Å². The van der Waals surface area contributed by atoms with Gasteiger partial charge in [0.05, 0.1) is 17.5 Å². The molecule has 0 fully saturated rings. The van der Waals surface area contributed by atoms with Crippen LogP contribution in [0.25, 0.3) is 0 Å². The number of carboxylic acid groups (broad SMARTS) is 2. The average molecular weight is 528 g/mol. The summed E-state index contributed by atoms with van der Waals surface area (Å²) in [6.07, 6.45) is 1.45. The Balaban J connectivity index is 3.09. The van der Waals surface area contributed by atoms with Crippen LogP contribution in [-0.4, -0.2) is 79.9 Å². The highest BCUT2D eigenvalue weighted by Gasteiger charge is 2.40. The zero-order valence-corrected chi connectivity index (χ0v) is 21.2. The normalized spacial score (nSPS) is 15.2. The summed E-state index contributed by atoms with van der Waals surface area (Å²) in [7, 11) is 0. The number of rotatable bonds is 18. The highest BCUT2D eigenvalue weighted by molar-refractivity contribution is 8.00. The second-order valence-corrected chi connectivity index (χ2v) is 9.95. The molecule has 0 saturated carbocycles. The average Bonchev–Trinajstić information content (AvgIpc) is 2.87. The lowest BCUT2D eigenvalue weighted by Gasteiger charge is -2.37. The standard InChI is InChI=1S/C24H37N3O8S/c1-2-3-7-12-24(15-28,21(32)16-8-5-4-6-9-16)36-14-18(22(33)26-13-20(30)31)27-19(29)11-10-17(25)23(34)35/h4-6,8-9,17-18,21,28,32H,2-3,7,10-15,25H2,1H3,(H,26,33)(H,27,29)(H,30,31)(H,34,35). The molecule has 0 aliphatic heterocycles. The van der Waals surface area contributed by atoms with Crippen molar-refractivity contribution in [3.05, 3.63) is 35.9 Å². The molecule has 4 atom stereocenters. The number of unbranched alkanes of at least 4 members (excludes halogenated alkanes) is 2. The summed E-state index contributed by atoms with van der Waals surface area (Å²) in [6, 6.07) is 6.37. The van der Waals surface area contributed by atoms with Crippen LogP contribution in [0.4, 0.5) is 0 Å². The topological polar surface area (TPSA) is 199 Å². The van der Waals surface area contributed by atoms with Gasteiger partial charge in [0.1, 0.15) is 18.6 Å². The third-order valence-electron chi connectivity index (χ3n) is 5.69. The number of benzene rings is 1. The molecule has 0 bridgehead atoms. The van der Waals surface area contributed by atoms with Crippen LogP contribution in [0.5, 0.6) is 0 Å². The summed E-state index contributed by atoms with van der Waals surface area (Å²) >= 11 is 1.12. The van der Waals surface area contributed by atoms with Gasteiger partial charge in [-0.05, 0) is 18.4 Å². The zero-order chi connectivity index (χ0) is 27.1. The quantitative estimate of drug-likeness (QED) is 0.133. The molecule has 0 aliphatic carbocycles. The summed E-state index contributed by atoms with van der Waals surface area (Å²) in [5.74, 6) is -3.98. The van der Waals surface area contributed by atoms with Gasteiger partial charge >= 0.3 is 11.9 Å². The van der Waals surface area contributed by atoms with Gasteiger partial charge in [-0.1, -0.05) is 56.5 Å². The molecule has 12 heteroatoms. The number of aliphatic hydroxyl groups excluding tert-OH is 2. The highest BCUT2D eigenvalue weighted by Crippen LogP contribution is 2.42. The van der Waals surface area contributed by atoms with Crippen molar-refractivity contribution in [2.75, 3.05) is 18.9 Å². The largest absolute Gasteiger partial charge is 0.480 e. The fourth-order valence-electron chi connectivity index (χ4n) is 3.51. The molecule has 1 aromatic carbocycles. The molecule has 1 rings (SSSR count). The summed E-state index contributed by atoms with van der Waals surface area (Å²) in [6.45, 7) is 0.965. The van der Waals surface area contributed by atoms with Crippen molar-refractivity contribution >= 4 is 35.5 Å². The molecule has 8 N–H and O–H groups in total. The number of nitrogens with one attached hydrogen (secondary N) is 2. The summed E-state index contributed by atoms with van der Waals surface area (Å²) in [4.78, 5) is 46.9.